The first-order chi connectivity index (χ1) is 9.52. The maximum Gasteiger partial charge on any atom is 0.266 e. The van der Waals surface area contributed by atoms with E-state index in [9.17, 15) is 4.79 Å². The van der Waals surface area contributed by atoms with Crippen molar-refractivity contribution in [3.63, 3.8) is 0 Å². The van der Waals surface area contributed by atoms with Crippen LogP contribution in [-0.4, -0.2) is 16.8 Å². The van der Waals surface area contributed by atoms with Gasteiger partial charge in [-0.2, -0.15) is 5.10 Å². The van der Waals surface area contributed by atoms with E-state index in [1.165, 1.54) is 33.0 Å². The van der Waals surface area contributed by atoms with Gasteiger partial charge in [-0.05, 0) is 50.6 Å². The number of hydrogen-bond acceptors (Lipinski definition) is 3. The molecule has 4 heteroatoms. The summed E-state index contributed by atoms with van der Waals surface area (Å²) in [6.45, 7) is 6.85. The highest BCUT2D eigenvalue weighted by atomic mass is 16.1. The molecule has 0 amide bonds. The first-order valence-corrected chi connectivity index (χ1v) is 6.80. The van der Waals surface area contributed by atoms with Gasteiger partial charge in [-0.1, -0.05) is 17.7 Å². The standard InChI is InChI=1S/C16H21N3O/c1-11-8-12(2)16(13(3)9-11)14(17-4)10-19-15(20)6-5-7-18-19/h5-9,14,17H,10H2,1-4H3. The van der Waals surface area contributed by atoms with Crippen molar-refractivity contribution >= 4 is 0 Å². The number of nitrogens with zero attached hydrogens (tertiary/aromatic N) is 2. The van der Waals surface area contributed by atoms with Crippen LogP contribution in [0.1, 0.15) is 28.3 Å². The van der Waals surface area contributed by atoms with Crippen LogP contribution in [0.2, 0.25) is 0 Å². The minimum Gasteiger partial charge on any atom is -0.311 e. The number of nitrogens with one attached hydrogen (secondary N) is 1. The molecule has 0 saturated heterocycles. The quantitative estimate of drug-likeness (QED) is 0.926. The SMILES string of the molecule is CNC(Cn1ncccc1=O)c1c(C)cc(C)cc1C. The Balaban J connectivity index is 2.39. The van der Waals surface area contributed by atoms with Crippen LogP contribution >= 0.6 is 0 Å². The smallest absolute Gasteiger partial charge is 0.266 e. The predicted molar refractivity (Wildman–Crippen MR) is 81.0 cm³/mol. The lowest BCUT2D eigenvalue weighted by Gasteiger charge is -2.22. The Hall–Kier alpha value is -1.94. The summed E-state index contributed by atoms with van der Waals surface area (Å²) in [5.74, 6) is 0. The van der Waals surface area contributed by atoms with Crippen LogP contribution < -0.4 is 10.9 Å². The summed E-state index contributed by atoms with van der Waals surface area (Å²) in [4.78, 5) is 11.8. The maximum atomic E-state index is 11.8. The fourth-order valence-electron chi connectivity index (χ4n) is 2.77. The first-order valence-electron chi connectivity index (χ1n) is 6.80. The summed E-state index contributed by atoms with van der Waals surface area (Å²) in [5.41, 5.74) is 4.91. The van der Waals surface area contributed by atoms with Gasteiger partial charge in [0.25, 0.3) is 5.56 Å². The molecule has 0 spiro atoms. The lowest BCUT2D eigenvalue weighted by molar-refractivity contribution is 0.449. The highest BCUT2D eigenvalue weighted by Gasteiger charge is 2.16. The highest BCUT2D eigenvalue weighted by molar-refractivity contribution is 5.39. The third-order valence-corrected chi connectivity index (χ3v) is 3.58. The summed E-state index contributed by atoms with van der Waals surface area (Å²) >= 11 is 0. The molecule has 1 unspecified atom stereocenters. The molecule has 0 fully saturated rings. The number of rotatable bonds is 4. The average molecular weight is 271 g/mol. The molecule has 0 aliphatic heterocycles. The molecular formula is C16H21N3O. The van der Waals surface area contributed by atoms with E-state index in [1.54, 1.807) is 12.3 Å². The molecule has 1 N–H and O–H groups in total. The Morgan fingerprint density at radius 2 is 1.90 bits per heavy atom. The molecule has 4 nitrogen and oxygen atoms in total. The third-order valence-electron chi connectivity index (χ3n) is 3.58. The van der Waals surface area contributed by atoms with Crippen molar-refractivity contribution in [3.05, 3.63) is 63.1 Å². The minimum absolute atomic E-state index is 0.0724. The molecule has 0 aliphatic carbocycles. The Labute approximate surface area is 119 Å². The molecule has 0 saturated carbocycles. The van der Waals surface area contributed by atoms with Crippen LogP contribution in [0.15, 0.2) is 35.3 Å². The van der Waals surface area contributed by atoms with Gasteiger partial charge in [0.05, 0.1) is 12.6 Å². The molecule has 0 radical (unpaired) electrons. The zero-order chi connectivity index (χ0) is 14.7. The van der Waals surface area contributed by atoms with E-state index in [1.807, 2.05) is 7.05 Å². The largest absolute Gasteiger partial charge is 0.311 e. The maximum absolute atomic E-state index is 11.8. The Kier molecular flexibility index (Phi) is 4.35. The van der Waals surface area contributed by atoms with Crippen LogP contribution in [-0.2, 0) is 6.54 Å². The van der Waals surface area contributed by atoms with E-state index in [-0.39, 0.29) is 11.6 Å². The fourth-order valence-corrected chi connectivity index (χ4v) is 2.77. The normalized spacial score (nSPS) is 12.4. The Bertz CT molecular complexity index is 638. The Morgan fingerprint density at radius 3 is 2.45 bits per heavy atom. The molecule has 1 heterocycles. The lowest BCUT2D eigenvalue weighted by Crippen LogP contribution is -2.30. The van der Waals surface area contributed by atoms with Crippen molar-refractivity contribution in [3.8, 4) is 0 Å². The molecule has 0 aliphatic rings. The van der Waals surface area contributed by atoms with Gasteiger partial charge in [0.15, 0.2) is 0 Å². The first kappa shape index (κ1) is 14.5. The number of aryl methyl sites for hydroxylation is 3. The van der Waals surface area contributed by atoms with Crippen molar-refractivity contribution < 1.29 is 0 Å². The molecule has 2 aromatic rings. The number of likely N-dealkylation sites (N-methyl/N-ethyl adjacent to an activating group) is 1. The molecular weight excluding hydrogens is 250 g/mol. The van der Waals surface area contributed by atoms with Gasteiger partial charge in [0.2, 0.25) is 0 Å². The highest BCUT2D eigenvalue weighted by Crippen LogP contribution is 2.24. The average Bonchev–Trinajstić information content (AvgIpc) is 2.38. The monoisotopic (exact) mass is 271 g/mol. The lowest BCUT2D eigenvalue weighted by atomic mass is 9.94. The van der Waals surface area contributed by atoms with Gasteiger partial charge >= 0.3 is 0 Å². The van der Waals surface area contributed by atoms with Crippen molar-refractivity contribution in [2.45, 2.75) is 33.4 Å². The van der Waals surface area contributed by atoms with Gasteiger partial charge < -0.3 is 5.32 Å². The summed E-state index contributed by atoms with van der Waals surface area (Å²) in [5, 5.41) is 7.43. The second-order valence-electron chi connectivity index (χ2n) is 5.20. The molecule has 1 aromatic carbocycles. The topological polar surface area (TPSA) is 46.9 Å². The molecule has 20 heavy (non-hydrogen) atoms. The molecule has 2 rings (SSSR count). The van der Waals surface area contributed by atoms with E-state index in [2.05, 4.69) is 43.3 Å². The Morgan fingerprint density at radius 1 is 1.25 bits per heavy atom. The molecule has 0 bridgehead atoms. The summed E-state index contributed by atoms with van der Waals surface area (Å²) in [6, 6.07) is 7.62. The summed E-state index contributed by atoms with van der Waals surface area (Å²) in [7, 11) is 1.91. The second kappa shape index (κ2) is 6.01. The number of aromatic nitrogens is 2. The van der Waals surface area contributed by atoms with E-state index in [0.29, 0.717) is 6.54 Å². The van der Waals surface area contributed by atoms with Crippen molar-refractivity contribution in [2.75, 3.05) is 7.05 Å². The van der Waals surface area contributed by atoms with Crippen LogP contribution in [0.4, 0.5) is 0 Å². The van der Waals surface area contributed by atoms with E-state index in [4.69, 9.17) is 0 Å². The molecule has 106 valence electrons. The summed E-state index contributed by atoms with van der Waals surface area (Å²) in [6.07, 6.45) is 1.64. The molecule has 1 atom stereocenters. The van der Waals surface area contributed by atoms with Crippen molar-refractivity contribution in [1.82, 2.24) is 15.1 Å². The van der Waals surface area contributed by atoms with Gasteiger partial charge in [-0.25, -0.2) is 4.68 Å². The van der Waals surface area contributed by atoms with E-state index >= 15 is 0 Å². The van der Waals surface area contributed by atoms with E-state index in [0.717, 1.165) is 0 Å². The van der Waals surface area contributed by atoms with Gasteiger partial charge in [-0.3, -0.25) is 4.79 Å². The third kappa shape index (κ3) is 2.96. The van der Waals surface area contributed by atoms with Crippen LogP contribution in [0.3, 0.4) is 0 Å². The van der Waals surface area contributed by atoms with Crippen molar-refractivity contribution in [1.29, 1.82) is 0 Å². The van der Waals surface area contributed by atoms with Crippen molar-refractivity contribution in [2.24, 2.45) is 0 Å². The minimum atomic E-state index is -0.0739. The molecule has 1 aromatic heterocycles. The van der Waals surface area contributed by atoms with Gasteiger partial charge in [0, 0.05) is 12.3 Å². The zero-order valence-electron chi connectivity index (χ0n) is 12.5. The van der Waals surface area contributed by atoms with Crippen LogP contribution in [0.25, 0.3) is 0 Å². The number of hydrogen-bond donors (Lipinski definition) is 1. The predicted octanol–water partition coefficient (Wildman–Crippen LogP) is 2.13. The summed E-state index contributed by atoms with van der Waals surface area (Å²) < 4.78 is 1.50. The van der Waals surface area contributed by atoms with E-state index < -0.39 is 0 Å². The second-order valence-corrected chi connectivity index (χ2v) is 5.20. The fraction of sp³-hybridized carbons (Fsp3) is 0.375. The van der Waals surface area contributed by atoms with Crippen LogP contribution in [0.5, 0.6) is 0 Å². The number of benzene rings is 1. The zero-order valence-corrected chi connectivity index (χ0v) is 12.5. The van der Waals surface area contributed by atoms with Crippen LogP contribution in [0, 0.1) is 20.8 Å². The van der Waals surface area contributed by atoms with Gasteiger partial charge in [0.1, 0.15) is 0 Å². The van der Waals surface area contributed by atoms with Gasteiger partial charge in [-0.15, -0.1) is 0 Å².